The fourth-order valence-corrected chi connectivity index (χ4v) is 3.94. The number of tetrazole rings is 1. The van der Waals surface area contributed by atoms with Crippen molar-refractivity contribution in [1.29, 1.82) is 0 Å². The average Bonchev–Trinajstić information content (AvgIpc) is 3.23. The normalized spacial score (nSPS) is 18.8. The number of rotatable bonds is 3. The van der Waals surface area contributed by atoms with E-state index in [-0.39, 0.29) is 11.9 Å². The molecule has 2 aliphatic rings. The SMILES string of the molecule is Fc1cc(C2=CC(c3ccccc3Cl)n3nnnc3N2)ccc1N1CCOCC1. The Bertz CT molecular complexity index is 1080. The quantitative estimate of drug-likeness (QED) is 0.711. The van der Waals surface area contributed by atoms with E-state index in [1.165, 1.54) is 6.07 Å². The van der Waals surface area contributed by atoms with E-state index >= 15 is 0 Å². The molecule has 1 aromatic heterocycles. The molecule has 1 atom stereocenters. The Morgan fingerprint density at radius 1 is 1.14 bits per heavy atom. The molecule has 5 rings (SSSR count). The minimum Gasteiger partial charge on any atom is -0.378 e. The maximum atomic E-state index is 14.9. The fraction of sp³-hybridized carbons (Fsp3) is 0.250. The van der Waals surface area contributed by atoms with Crippen molar-refractivity contribution in [3.63, 3.8) is 0 Å². The Labute approximate surface area is 171 Å². The van der Waals surface area contributed by atoms with Crippen molar-refractivity contribution in [1.82, 2.24) is 20.2 Å². The van der Waals surface area contributed by atoms with Crippen LogP contribution in [0.25, 0.3) is 5.70 Å². The van der Waals surface area contributed by atoms with Crippen LogP contribution in [-0.4, -0.2) is 46.5 Å². The van der Waals surface area contributed by atoms with Crippen molar-refractivity contribution < 1.29 is 9.13 Å². The molecule has 7 nitrogen and oxygen atoms in total. The van der Waals surface area contributed by atoms with Crippen molar-refractivity contribution in [3.05, 3.63) is 70.5 Å². The summed E-state index contributed by atoms with van der Waals surface area (Å²) < 4.78 is 21.9. The van der Waals surface area contributed by atoms with E-state index in [0.29, 0.717) is 48.5 Å². The zero-order valence-corrected chi connectivity index (χ0v) is 16.2. The van der Waals surface area contributed by atoms with Gasteiger partial charge in [0.25, 0.3) is 0 Å². The Kier molecular flexibility index (Phi) is 4.65. The molecule has 3 aromatic rings. The second-order valence-corrected chi connectivity index (χ2v) is 7.29. The smallest absolute Gasteiger partial charge is 0.248 e. The first-order valence-corrected chi connectivity index (χ1v) is 9.72. The molecular weight excluding hydrogens is 395 g/mol. The highest BCUT2D eigenvalue weighted by Gasteiger charge is 2.26. The third kappa shape index (κ3) is 3.34. The summed E-state index contributed by atoms with van der Waals surface area (Å²) >= 11 is 6.41. The lowest BCUT2D eigenvalue weighted by molar-refractivity contribution is 0.122. The lowest BCUT2D eigenvalue weighted by Gasteiger charge is -2.29. The largest absolute Gasteiger partial charge is 0.378 e. The third-order valence-corrected chi connectivity index (χ3v) is 5.51. The predicted octanol–water partition coefficient (Wildman–Crippen LogP) is 3.36. The topological polar surface area (TPSA) is 68.1 Å². The summed E-state index contributed by atoms with van der Waals surface area (Å²) in [6, 6.07) is 12.5. The zero-order chi connectivity index (χ0) is 19.8. The fourth-order valence-electron chi connectivity index (χ4n) is 3.69. The number of morpholine rings is 1. The van der Waals surface area contributed by atoms with Crippen LogP contribution in [0.1, 0.15) is 17.2 Å². The highest BCUT2D eigenvalue weighted by Crippen LogP contribution is 2.35. The average molecular weight is 413 g/mol. The van der Waals surface area contributed by atoms with Crippen molar-refractivity contribution in [2.45, 2.75) is 6.04 Å². The van der Waals surface area contributed by atoms with Crippen LogP contribution in [0, 0.1) is 5.82 Å². The molecule has 3 heterocycles. The molecule has 0 saturated carbocycles. The lowest BCUT2D eigenvalue weighted by Crippen LogP contribution is -2.36. The van der Waals surface area contributed by atoms with Crippen LogP contribution in [0.15, 0.2) is 48.5 Å². The lowest BCUT2D eigenvalue weighted by atomic mass is 10.0. The monoisotopic (exact) mass is 412 g/mol. The molecular formula is C20H18ClFN6O. The molecule has 0 aliphatic carbocycles. The number of anilines is 2. The number of hydrogen-bond acceptors (Lipinski definition) is 6. The summed E-state index contributed by atoms with van der Waals surface area (Å²) in [7, 11) is 0. The van der Waals surface area contributed by atoms with E-state index in [1.807, 2.05) is 41.3 Å². The number of nitrogens with zero attached hydrogens (tertiary/aromatic N) is 5. The van der Waals surface area contributed by atoms with Gasteiger partial charge in [0.15, 0.2) is 0 Å². The summed E-state index contributed by atoms with van der Waals surface area (Å²) in [6.45, 7) is 2.58. The Morgan fingerprint density at radius 3 is 2.76 bits per heavy atom. The summed E-state index contributed by atoms with van der Waals surface area (Å²) in [4.78, 5) is 2.00. The molecule has 1 unspecified atom stereocenters. The summed E-state index contributed by atoms with van der Waals surface area (Å²) in [5, 5.41) is 15.7. The number of ether oxygens (including phenoxy) is 1. The van der Waals surface area contributed by atoms with Crippen molar-refractivity contribution in [3.8, 4) is 0 Å². The number of allylic oxidation sites excluding steroid dienone is 1. The first kappa shape index (κ1) is 18.1. The highest BCUT2D eigenvalue weighted by molar-refractivity contribution is 6.31. The Balaban J connectivity index is 1.52. The van der Waals surface area contributed by atoms with Gasteiger partial charge in [-0.15, -0.1) is 0 Å². The maximum Gasteiger partial charge on any atom is 0.248 e. The van der Waals surface area contributed by atoms with E-state index in [9.17, 15) is 4.39 Å². The van der Waals surface area contributed by atoms with Crippen molar-refractivity contribution in [2.24, 2.45) is 0 Å². The van der Waals surface area contributed by atoms with Gasteiger partial charge in [-0.05, 0) is 40.3 Å². The molecule has 0 amide bonds. The molecule has 148 valence electrons. The molecule has 1 N–H and O–H groups in total. The van der Waals surface area contributed by atoms with E-state index in [4.69, 9.17) is 16.3 Å². The molecule has 0 radical (unpaired) electrons. The third-order valence-electron chi connectivity index (χ3n) is 5.16. The molecule has 1 saturated heterocycles. The van der Waals surface area contributed by atoms with Gasteiger partial charge in [-0.3, -0.25) is 0 Å². The van der Waals surface area contributed by atoms with Crippen LogP contribution in [0.2, 0.25) is 5.02 Å². The predicted molar refractivity (Wildman–Crippen MR) is 108 cm³/mol. The summed E-state index contributed by atoms with van der Waals surface area (Å²) in [5.41, 5.74) is 2.89. The van der Waals surface area contributed by atoms with Crippen LogP contribution < -0.4 is 10.2 Å². The summed E-state index contributed by atoms with van der Waals surface area (Å²) in [5.74, 6) is 0.205. The van der Waals surface area contributed by atoms with Gasteiger partial charge in [0.2, 0.25) is 5.95 Å². The van der Waals surface area contributed by atoms with Gasteiger partial charge in [-0.2, -0.15) is 4.68 Å². The van der Waals surface area contributed by atoms with Gasteiger partial charge < -0.3 is 15.0 Å². The maximum absolute atomic E-state index is 14.9. The number of aromatic nitrogens is 4. The minimum atomic E-state index is -0.299. The number of nitrogens with one attached hydrogen (secondary N) is 1. The molecule has 0 bridgehead atoms. The van der Waals surface area contributed by atoms with Crippen LogP contribution in [0.4, 0.5) is 16.0 Å². The van der Waals surface area contributed by atoms with Gasteiger partial charge in [-0.25, -0.2) is 4.39 Å². The zero-order valence-electron chi connectivity index (χ0n) is 15.4. The Hall–Kier alpha value is -2.97. The highest BCUT2D eigenvalue weighted by atomic mass is 35.5. The molecule has 0 spiro atoms. The van der Waals surface area contributed by atoms with Gasteiger partial charge >= 0.3 is 0 Å². The number of fused-ring (bicyclic) bond motifs is 1. The Morgan fingerprint density at radius 2 is 1.97 bits per heavy atom. The van der Waals surface area contributed by atoms with E-state index in [0.717, 1.165) is 11.3 Å². The van der Waals surface area contributed by atoms with Gasteiger partial charge in [0.1, 0.15) is 11.9 Å². The minimum absolute atomic E-state index is 0.272. The van der Waals surface area contributed by atoms with E-state index in [1.54, 1.807) is 10.7 Å². The van der Waals surface area contributed by atoms with Crippen molar-refractivity contribution in [2.75, 3.05) is 36.5 Å². The van der Waals surface area contributed by atoms with Crippen LogP contribution >= 0.6 is 11.6 Å². The molecule has 9 heteroatoms. The molecule has 2 aromatic carbocycles. The number of hydrogen-bond donors (Lipinski definition) is 1. The van der Waals surface area contributed by atoms with Crippen LogP contribution in [-0.2, 0) is 4.74 Å². The van der Waals surface area contributed by atoms with Gasteiger partial charge in [0, 0.05) is 29.4 Å². The second-order valence-electron chi connectivity index (χ2n) is 6.88. The molecule has 29 heavy (non-hydrogen) atoms. The van der Waals surface area contributed by atoms with E-state index < -0.39 is 0 Å². The van der Waals surface area contributed by atoms with Crippen LogP contribution in [0.5, 0.6) is 0 Å². The van der Waals surface area contributed by atoms with Gasteiger partial charge in [-0.1, -0.05) is 41.0 Å². The van der Waals surface area contributed by atoms with Crippen molar-refractivity contribution >= 4 is 28.9 Å². The van der Waals surface area contributed by atoms with Gasteiger partial charge in [0.05, 0.1) is 18.9 Å². The number of halogens is 2. The molecule has 1 fully saturated rings. The number of benzene rings is 2. The molecule has 2 aliphatic heterocycles. The second kappa shape index (κ2) is 7.46. The first-order valence-electron chi connectivity index (χ1n) is 9.34. The standard InChI is InChI=1S/C20H18ClFN6O/c21-15-4-2-1-3-14(15)19-12-17(23-20-24-25-26-28(19)20)13-5-6-18(16(22)11-13)27-7-9-29-10-8-27/h1-6,11-12,19H,7-10H2,(H,23,24,26). The van der Waals surface area contributed by atoms with Crippen LogP contribution in [0.3, 0.4) is 0 Å². The van der Waals surface area contributed by atoms with E-state index in [2.05, 4.69) is 20.8 Å². The summed E-state index contributed by atoms with van der Waals surface area (Å²) in [6.07, 6.45) is 1.95. The first-order chi connectivity index (χ1) is 14.2.